The molecule has 1 atom stereocenters. The summed E-state index contributed by atoms with van der Waals surface area (Å²) in [6, 6.07) is 15.2. The Labute approximate surface area is 134 Å². The van der Waals surface area contributed by atoms with Crippen molar-refractivity contribution in [2.24, 2.45) is 0 Å². The summed E-state index contributed by atoms with van der Waals surface area (Å²) in [5, 5.41) is 3.67. The van der Waals surface area contributed by atoms with Crippen molar-refractivity contribution in [3.8, 4) is 0 Å². The Morgan fingerprint density at radius 1 is 1.00 bits per heavy atom. The molecule has 1 heterocycles. The molecule has 4 heteroatoms. The van der Waals surface area contributed by atoms with Crippen LogP contribution in [-0.4, -0.2) is 5.75 Å². The van der Waals surface area contributed by atoms with E-state index >= 15 is 0 Å². The highest BCUT2D eigenvalue weighted by Crippen LogP contribution is 2.40. The van der Waals surface area contributed by atoms with Gasteiger partial charge in [0, 0.05) is 19.6 Å². The zero-order valence-corrected chi connectivity index (χ0v) is 14.2. The molecular weight excluding hydrogens is 386 g/mol. The van der Waals surface area contributed by atoms with E-state index in [0.29, 0.717) is 6.04 Å². The van der Waals surface area contributed by atoms with Gasteiger partial charge in [-0.2, -0.15) is 0 Å². The van der Waals surface area contributed by atoms with Crippen molar-refractivity contribution in [2.45, 2.75) is 17.4 Å². The lowest BCUT2D eigenvalue weighted by atomic mass is 10.0. The van der Waals surface area contributed by atoms with Crippen LogP contribution in [0, 0.1) is 0 Å². The predicted octanol–water partition coefficient (Wildman–Crippen LogP) is 5.86. The minimum Gasteiger partial charge on any atom is -0.376 e. The number of hydrogen-bond acceptors (Lipinski definition) is 2. The molecular formula is C15H13Br2NS. The first-order valence-electron chi connectivity index (χ1n) is 6.18. The average molecular weight is 399 g/mol. The maximum atomic E-state index is 3.67. The minimum atomic E-state index is 0.382. The van der Waals surface area contributed by atoms with E-state index in [4.69, 9.17) is 0 Å². The van der Waals surface area contributed by atoms with Crippen molar-refractivity contribution in [1.82, 2.24) is 0 Å². The number of para-hydroxylation sites is 1. The first-order valence-corrected chi connectivity index (χ1v) is 8.75. The third kappa shape index (κ3) is 2.86. The SMILES string of the molecule is Brc1cccc(Br)c1NC1CCSc2ccccc21. The highest BCUT2D eigenvalue weighted by molar-refractivity contribution is 9.11. The number of nitrogens with one attached hydrogen (secondary N) is 1. The molecule has 3 rings (SSSR count). The number of hydrogen-bond donors (Lipinski definition) is 1. The van der Waals surface area contributed by atoms with Gasteiger partial charge in [-0.3, -0.25) is 0 Å². The van der Waals surface area contributed by atoms with Crippen molar-refractivity contribution >= 4 is 49.3 Å². The number of thioether (sulfide) groups is 1. The van der Waals surface area contributed by atoms with Gasteiger partial charge in [-0.05, 0) is 62.0 Å². The molecule has 98 valence electrons. The second-order valence-corrected chi connectivity index (χ2v) is 7.31. The fourth-order valence-electron chi connectivity index (χ4n) is 2.30. The molecule has 19 heavy (non-hydrogen) atoms. The van der Waals surface area contributed by atoms with E-state index in [2.05, 4.69) is 73.6 Å². The van der Waals surface area contributed by atoms with Crippen LogP contribution in [0.5, 0.6) is 0 Å². The Morgan fingerprint density at radius 2 is 1.74 bits per heavy atom. The summed E-state index contributed by atoms with van der Waals surface area (Å²) in [4.78, 5) is 1.40. The normalized spacial score (nSPS) is 17.9. The highest BCUT2D eigenvalue weighted by atomic mass is 79.9. The van der Waals surface area contributed by atoms with E-state index in [0.717, 1.165) is 26.8 Å². The molecule has 0 spiro atoms. The Bertz CT molecular complexity index is 580. The van der Waals surface area contributed by atoms with Crippen molar-refractivity contribution in [3.05, 3.63) is 57.0 Å². The predicted molar refractivity (Wildman–Crippen MR) is 90.0 cm³/mol. The summed E-state index contributed by atoms with van der Waals surface area (Å²) in [6.45, 7) is 0. The van der Waals surface area contributed by atoms with Crippen LogP contribution < -0.4 is 5.32 Å². The molecule has 0 bridgehead atoms. The lowest BCUT2D eigenvalue weighted by Gasteiger charge is -2.27. The van der Waals surface area contributed by atoms with Crippen LogP contribution >= 0.6 is 43.6 Å². The molecule has 2 aromatic rings. The van der Waals surface area contributed by atoms with Crippen LogP contribution in [0.25, 0.3) is 0 Å². The van der Waals surface area contributed by atoms with E-state index in [1.54, 1.807) is 0 Å². The second kappa shape index (κ2) is 5.90. The minimum absolute atomic E-state index is 0.382. The van der Waals surface area contributed by atoms with Crippen molar-refractivity contribution in [3.63, 3.8) is 0 Å². The lowest BCUT2D eigenvalue weighted by molar-refractivity contribution is 0.727. The van der Waals surface area contributed by atoms with Gasteiger partial charge in [0.2, 0.25) is 0 Å². The molecule has 0 fully saturated rings. The van der Waals surface area contributed by atoms with Crippen LogP contribution in [-0.2, 0) is 0 Å². The Hall–Kier alpha value is -0.450. The van der Waals surface area contributed by atoms with Gasteiger partial charge in [0.25, 0.3) is 0 Å². The third-order valence-corrected chi connectivity index (χ3v) is 5.68. The van der Waals surface area contributed by atoms with E-state index < -0.39 is 0 Å². The zero-order valence-electron chi connectivity index (χ0n) is 10.2. The fraction of sp³-hybridized carbons (Fsp3) is 0.200. The van der Waals surface area contributed by atoms with Crippen LogP contribution in [0.1, 0.15) is 18.0 Å². The summed E-state index contributed by atoms with van der Waals surface area (Å²) < 4.78 is 2.19. The van der Waals surface area contributed by atoms with Crippen molar-refractivity contribution in [2.75, 3.05) is 11.1 Å². The van der Waals surface area contributed by atoms with Crippen LogP contribution in [0.2, 0.25) is 0 Å². The Balaban J connectivity index is 1.93. The summed E-state index contributed by atoms with van der Waals surface area (Å²) >= 11 is 9.18. The van der Waals surface area contributed by atoms with E-state index in [-0.39, 0.29) is 0 Å². The Morgan fingerprint density at radius 3 is 2.53 bits per heavy atom. The Kier molecular flexibility index (Phi) is 4.20. The van der Waals surface area contributed by atoms with Crippen molar-refractivity contribution < 1.29 is 0 Å². The third-order valence-electron chi connectivity index (χ3n) is 3.24. The maximum Gasteiger partial charge on any atom is 0.0633 e. The molecule has 1 aliphatic heterocycles. The number of rotatable bonds is 2. The number of fused-ring (bicyclic) bond motifs is 1. The maximum absolute atomic E-state index is 3.67. The quantitative estimate of drug-likeness (QED) is 0.679. The molecule has 0 saturated carbocycles. The first kappa shape index (κ1) is 13.5. The monoisotopic (exact) mass is 397 g/mol. The first-order chi connectivity index (χ1) is 9.25. The average Bonchev–Trinajstić information content (AvgIpc) is 2.43. The summed E-state index contributed by atoms with van der Waals surface area (Å²) in [5.74, 6) is 1.16. The van der Waals surface area contributed by atoms with Gasteiger partial charge < -0.3 is 5.32 Å². The van der Waals surface area contributed by atoms with Gasteiger partial charge in [-0.1, -0.05) is 24.3 Å². The molecule has 0 amide bonds. The second-order valence-electron chi connectivity index (χ2n) is 4.47. The van der Waals surface area contributed by atoms with Crippen LogP contribution in [0.3, 0.4) is 0 Å². The molecule has 1 aliphatic rings. The standard InChI is InChI=1S/C15H13Br2NS/c16-11-5-3-6-12(17)15(11)18-13-8-9-19-14-7-2-1-4-10(13)14/h1-7,13,18H,8-9H2. The highest BCUT2D eigenvalue weighted by Gasteiger charge is 2.21. The fourth-order valence-corrected chi connectivity index (χ4v) is 4.65. The van der Waals surface area contributed by atoms with Crippen LogP contribution in [0.4, 0.5) is 5.69 Å². The van der Waals surface area contributed by atoms with Gasteiger partial charge in [0.1, 0.15) is 0 Å². The van der Waals surface area contributed by atoms with Crippen LogP contribution in [0.15, 0.2) is 56.3 Å². The van der Waals surface area contributed by atoms with Gasteiger partial charge >= 0.3 is 0 Å². The molecule has 2 aromatic carbocycles. The number of anilines is 1. The number of halogens is 2. The smallest absolute Gasteiger partial charge is 0.0633 e. The van der Waals surface area contributed by atoms with Gasteiger partial charge in [-0.25, -0.2) is 0 Å². The van der Waals surface area contributed by atoms with E-state index in [1.165, 1.54) is 10.5 Å². The van der Waals surface area contributed by atoms with Gasteiger partial charge in [0.05, 0.1) is 11.7 Å². The molecule has 1 unspecified atom stereocenters. The number of benzene rings is 2. The molecule has 0 saturated heterocycles. The molecule has 1 N–H and O–H groups in total. The largest absolute Gasteiger partial charge is 0.376 e. The van der Waals surface area contributed by atoms with E-state index in [9.17, 15) is 0 Å². The molecule has 0 aromatic heterocycles. The summed E-state index contributed by atoms with van der Waals surface area (Å²) in [6.07, 6.45) is 1.15. The zero-order chi connectivity index (χ0) is 13.2. The molecule has 0 aliphatic carbocycles. The van der Waals surface area contributed by atoms with Gasteiger partial charge in [0.15, 0.2) is 0 Å². The van der Waals surface area contributed by atoms with Crippen molar-refractivity contribution in [1.29, 1.82) is 0 Å². The molecule has 1 nitrogen and oxygen atoms in total. The topological polar surface area (TPSA) is 12.0 Å². The molecule has 0 radical (unpaired) electrons. The summed E-state index contributed by atoms with van der Waals surface area (Å²) in [5.41, 5.74) is 2.54. The van der Waals surface area contributed by atoms with E-state index in [1.807, 2.05) is 17.8 Å². The lowest BCUT2D eigenvalue weighted by Crippen LogP contribution is -2.16. The van der Waals surface area contributed by atoms with Gasteiger partial charge in [-0.15, -0.1) is 11.8 Å². The summed E-state index contributed by atoms with van der Waals surface area (Å²) in [7, 11) is 0.